The minimum absolute atomic E-state index is 0.219. The van der Waals surface area contributed by atoms with Crippen LogP contribution in [0.2, 0.25) is 0 Å². The lowest BCUT2D eigenvalue weighted by Crippen LogP contribution is -2.26. The quantitative estimate of drug-likeness (QED) is 0.724. The summed E-state index contributed by atoms with van der Waals surface area (Å²) < 4.78 is 12.9. The molecule has 124 valence electrons. The molecule has 2 N–H and O–H groups in total. The molecule has 3 rings (SSSR count). The van der Waals surface area contributed by atoms with E-state index in [0.29, 0.717) is 18.1 Å². The maximum atomic E-state index is 11.5. The highest BCUT2D eigenvalue weighted by Crippen LogP contribution is 2.31. The van der Waals surface area contributed by atoms with Gasteiger partial charge in [-0.1, -0.05) is 30.3 Å². The van der Waals surface area contributed by atoms with Gasteiger partial charge in [0.1, 0.15) is 0 Å². The Kier molecular flexibility index (Phi) is 4.43. The monoisotopic (exact) mass is 341 g/mol. The van der Waals surface area contributed by atoms with Crippen molar-refractivity contribution >= 4 is 17.3 Å². The van der Waals surface area contributed by atoms with E-state index in [9.17, 15) is 4.21 Å². The summed E-state index contributed by atoms with van der Waals surface area (Å²) in [5.74, 6) is 0. The van der Waals surface area contributed by atoms with E-state index in [1.807, 2.05) is 61.7 Å². The average molecular weight is 341 g/mol. The molecule has 0 amide bonds. The fraction of sp³-hybridized carbons (Fsp3) is 0.333. The van der Waals surface area contributed by atoms with Crippen LogP contribution in [0, 0.1) is 0 Å². The molecule has 3 aromatic rings. The number of rotatable bonds is 5. The Bertz CT molecular complexity index is 871. The molecule has 0 unspecified atom stereocenters. The molecule has 1 atom stereocenters. The summed E-state index contributed by atoms with van der Waals surface area (Å²) in [6.07, 6.45) is 2.29. The van der Waals surface area contributed by atoms with Crippen LogP contribution in [0.25, 0.3) is 16.9 Å². The highest BCUT2D eigenvalue weighted by Gasteiger charge is 2.36. The maximum Gasteiger partial charge on any atom is 0.465 e. The van der Waals surface area contributed by atoms with Crippen LogP contribution in [0.4, 0.5) is 0 Å². The molecule has 0 fully saturated rings. The number of hydrogen-bond donors (Lipinski definition) is 1. The van der Waals surface area contributed by atoms with Gasteiger partial charge in [0.15, 0.2) is 5.65 Å². The van der Waals surface area contributed by atoms with Crippen LogP contribution < -0.4 is 5.73 Å². The molecule has 0 bridgehead atoms. The SMILES string of the molecule is C[C@H](N)c1c(-c2ccccc2)nc2ccnn2c1CC(C)(C)[S+]=O. The molecular formula is C18H21N4OS+. The van der Waals surface area contributed by atoms with E-state index >= 15 is 0 Å². The number of nitrogens with zero attached hydrogens (tertiary/aromatic N) is 3. The van der Waals surface area contributed by atoms with Gasteiger partial charge >= 0.3 is 11.7 Å². The van der Waals surface area contributed by atoms with Gasteiger partial charge in [0.05, 0.1) is 24.0 Å². The molecular weight excluding hydrogens is 320 g/mol. The minimum Gasteiger partial charge on any atom is -0.324 e. The highest BCUT2D eigenvalue weighted by atomic mass is 32.1. The van der Waals surface area contributed by atoms with Crippen LogP contribution in [0.3, 0.4) is 0 Å². The largest absolute Gasteiger partial charge is 0.465 e. The Labute approximate surface area is 145 Å². The molecule has 0 spiro atoms. The Balaban J connectivity index is 2.33. The Morgan fingerprint density at radius 3 is 2.58 bits per heavy atom. The molecule has 5 nitrogen and oxygen atoms in total. The fourth-order valence-corrected chi connectivity index (χ4v) is 3.11. The van der Waals surface area contributed by atoms with E-state index < -0.39 is 4.75 Å². The standard InChI is InChI=1S/C18H21N4OS/c1-12(19)16-14(11-18(2,3)24-23)22-15(9-10-20-22)21-17(16)13-7-5-4-6-8-13/h4-10,12H,11,19H2,1-3H3/q+1/t12-/m0/s1. The van der Waals surface area contributed by atoms with Gasteiger partial charge in [-0.05, 0) is 6.92 Å². The van der Waals surface area contributed by atoms with Gasteiger partial charge in [-0.2, -0.15) is 5.10 Å². The van der Waals surface area contributed by atoms with Crippen molar-refractivity contribution in [3.63, 3.8) is 0 Å². The predicted molar refractivity (Wildman–Crippen MR) is 96.9 cm³/mol. The molecule has 0 saturated heterocycles. The van der Waals surface area contributed by atoms with Crippen molar-refractivity contribution in [1.82, 2.24) is 14.6 Å². The molecule has 0 aliphatic carbocycles. The van der Waals surface area contributed by atoms with Crippen molar-refractivity contribution in [2.75, 3.05) is 0 Å². The second kappa shape index (κ2) is 6.37. The first-order chi connectivity index (χ1) is 11.4. The second-order valence-electron chi connectivity index (χ2n) is 6.60. The Morgan fingerprint density at radius 1 is 1.25 bits per heavy atom. The van der Waals surface area contributed by atoms with Crippen molar-refractivity contribution in [2.24, 2.45) is 5.73 Å². The number of fused-ring (bicyclic) bond motifs is 1. The van der Waals surface area contributed by atoms with Gasteiger partial charge in [-0.15, -0.1) is 0 Å². The summed E-state index contributed by atoms with van der Waals surface area (Å²) in [5, 5.41) is 4.40. The summed E-state index contributed by atoms with van der Waals surface area (Å²) >= 11 is 0.603. The van der Waals surface area contributed by atoms with Crippen LogP contribution in [0.5, 0.6) is 0 Å². The number of hydrogen-bond acceptors (Lipinski definition) is 4. The van der Waals surface area contributed by atoms with Crippen molar-refractivity contribution in [3.05, 3.63) is 53.9 Å². The zero-order chi connectivity index (χ0) is 17.3. The van der Waals surface area contributed by atoms with Gasteiger partial charge < -0.3 is 5.73 Å². The van der Waals surface area contributed by atoms with E-state index in [1.165, 1.54) is 0 Å². The van der Waals surface area contributed by atoms with Crippen molar-refractivity contribution in [2.45, 2.75) is 38.0 Å². The highest BCUT2D eigenvalue weighted by molar-refractivity contribution is 7.67. The van der Waals surface area contributed by atoms with Gasteiger partial charge in [-0.3, -0.25) is 0 Å². The topological polar surface area (TPSA) is 73.3 Å². The molecule has 0 saturated carbocycles. The number of aromatic nitrogens is 3. The lowest BCUT2D eigenvalue weighted by atomic mass is 9.94. The molecule has 2 heterocycles. The van der Waals surface area contributed by atoms with Gasteiger partial charge in [0, 0.05) is 41.3 Å². The third-order valence-corrected chi connectivity index (χ3v) is 4.59. The third-order valence-electron chi connectivity index (χ3n) is 3.99. The molecule has 6 heteroatoms. The maximum absolute atomic E-state index is 11.5. The first kappa shape index (κ1) is 16.7. The van der Waals surface area contributed by atoms with Crippen molar-refractivity contribution in [3.8, 4) is 11.3 Å². The summed E-state index contributed by atoms with van der Waals surface area (Å²) in [4.78, 5) is 4.78. The molecule has 24 heavy (non-hydrogen) atoms. The lowest BCUT2D eigenvalue weighted by Gasteiger charge is -2.20. The van der Waals surface area contributed by atoms with Crippen LogP contribution >= 0.6 is 0 Å². The van der Waals surface area contributed by atoms with Crippen LogP contribution in [-0.2, 0) is 22.3 Å². The Hall–Kier alpha value is -2.18. The average Bonchev–Trinajstić information content (AvgIpc) is 3.03. The zero-order valence-corrected chi connectivity index (χ0v) is 14.9. The first-order valence-electron chi connectivity index (χ1n) is 7.91. The Morgan fingerprint density at radius 2 is 1.96 bits per heavy atom. The molecule has 0 aliphatic heterocycles. The predicted octanol–water partition coefficient (Wildman–Crippen LogP) is 3.17. The van der Waals surface area contributed by atoms with Crippen LogP contribution in [0.1, 0.15) is 38.1 Å². The second-order valence-corrected chi connectivity index (χ2v) is 7.87. The van der Waals surface area contributed by atoms with Gasteiger partial charge in [-0.25, -0.2) is 9.50 Å². The van der Waals surface area contributed by atoms with Crippen LogP contribution in [0.15, 0.2) is 42.6 Å². The summed E-state index contributed by atoms with van der Waals surface area (Å²) in [7, 11) is 0. The summed E-state index contributed by atoms with van der Waals surface area (Å²) in [6, 6.07) is 11.7. The number of nitrogens with two attached hydrogens (primary N) is 1. The van der Waals surface area contributed by atoms with Crippen LogP contribution in [-0.4, -0.2) is 19.3 Å². The zero-order valence-electron chi connectivity index (χ0n) is 14.1. The molecule has 0 aliphatic rings. The van der Waals surface area contributed by atoms with E-state index in [-0.39, 0.29) is 6.04 Å². The van der Waals surface area contributed by atoms with E-state index in [0.717, 1.165) is 28.2 Å². The fourth-order valence-electron chi connectivity index (χ4n) is 2.91. The lowest BCUT2D eigenvalue weighted by molar-refractivity contribution is 0.569. The van der Waals surface area contributed by atoms with Crippen molar-refractivity contribution in [1.29, 1.82) is 0 Å². The number of benzene rings is 1. The molecule has 2 aromatic heterocycles. The van der Waals surface area contributed by atoms with E-state index in [2.05, 4.69) is 5.10 Å². The van der Waals surface area contributed by atoms with E-state index in [4.69, 9.17) is 10.7 Å². The summed E-state index contributed by atoms with van der Waals surface area (Å²) in [6.45, 7) is 5.82. The smallest absolute Gasteiger partial charge is 0.324 e. The minimum atomic E-state index is -0.460. The third kappa shape index (κ3) is 3.07. The van der Waals surface area contributed by atoms with E-state index in [1.54, 1.807) is 6.20 Å². The van der Waals surface area contributed by atoms with Crippen molar-refractivity contribution < 1.29 is 4.21 Å². The van der Waals surface area contributed by atoms with Gasteiger partial charge in [0.25, 0.3) is 0 Å². The molecule has 1 aromatic carbocycles. The molecule has 0 radical (unpaired) electrons. The first-order valence-corrected chi connectivity index (χ1v) is 8.65. The summed E-state index contributed by atoms with van der Waals surface area (Å²) in [5.41, 5.74) is 10.8. The normalized spacial score (nSPS) is 13.2. The van der Waals surface area contributed by atoms with Gasteiger partial charge in [0.2, 0.25) is 4.75 Å².